The Labute approximate surface area is 126 Å². The molecule has 0 atom stereocenters. The summed E-state index contributed by atoms with van der Waals surface area (Å²) in [5.74, 6) is 6.23. The number of aromatic nitrogens is 1. The highest BCUT2D eigenvalue weighted by molar-refractivity contribution is 6.29. The first-order chi connectivity index (χ1) is 9.78. The van der Waals surface area contributed by atoms with Crippen LogP contribution < -0.4 is 0 Å². The van der Waals surface area contributed by atoms with Crippen molar-refractivity contribution in [3.05, 3.63) is 64.4 Å². The lowest BCUT2D eigenvalue weighted by atomic mass is 10.1. The summed E-state index contributed by atoms with van der Waals surface area (Å²) < 4.78 is 0. The Bertz CT molecular complexity index is 588. The van der Waals surface area contributed by atoms with Gasteiger partial charge in [0.25, 0.3) is 0 Å². The Morgan fingerprint density at radius 3 is 2.30 bits per heavy atom. The topological polar surface area (TPSA) is 12.9 Å². The fraction of sp³-hybridized carbons (Fsp3) is 0.278. The van der Waals surface area contributed by atoms with Crippen molar-refractivity contribution >= 4 is 11.6 Å². The van der Waals surface area contributed by atoms with E-state index in [2.05, 4.69) is 48.0 Å². The predicted octanol–water partition coefficient (Wildman–Crippen LogP) is 4.87. The van der Waals surface area contributed by atoms with Crippen molar-refractivity contribution in [2.75, 3.05) is 0 Å². The highest BCUT2D eigenvalue weighted by Crippen LogP contribution is 2.09. The smallest absolute Gasteiger partial charge is 0.129 e. The van der Waals surface area contributed by atoms with Gasteiger partial charge in [0.05, 0.1) is 0 Å². The number of hydrogen-bond donors (Lipinski definition) is 0. The molecule has 0 spiro atoms. The van der Waals surface area contributed by atoms with E-state index in [1.165, 1.54) is 24.8 Å². The summed E-state index contributed by atoms with van der Waals surface area (Å²) in [6.07, 6.45) is 6.67. The predicted molar refractivity (Wildman–Crippen MR) is 84.9 cm³/mol. The molecule has 0 aliphatic carbocycles. The van der Waals surface area contributed by atoms with Crippen molar-refractivity contribution in [1.82, 2.24) is 4.98 Å². The fourth-order valence-electron chi connectivity index (χ4n) is 1.93. The number of unbranched alkanes of at least 4 members (excludes halogenated alkanes) is 2. The van der Waals surface area contributed by atoms with E-state index in [0.29, 0.717) is 5.15 Å². The van der Waals surface area contributed by atoms with Gasteiger partial charge in [0.2, 0.25) is 0 Å². The van der Waals surface area contributed by atoms with Gasteiger partial charge >= 0.3 is 0 Å². The molecule has 1 nitrogen and oxygen atoms in total. The lowest BCUT2D eigenvalue weighted by Gasteiger charge is -2.00. The Kier molecular flexibility index (Phi) is 5.65. The van der Waals surface area contributed by atoms with Gasteiger partial charge in [-0.15, -0.1) is 0 Å². The van der Waals surface area contributed by atoms with Gasteiger partial charge in [-0.3, -0.25) is 0 Å². The van der Waals surface area contributed by atoms with Gasteiger partial charge in [0.1, 0.15) is 5.15 Å². The Morgan fingerprint density at radius 2 is 1.65 bits per heavy atom. The lowest BCUT2D eigenvalue weighted by molar-refractivity contribution is 0.717. The van der Waals surface area contributed by atoms with Crippen LogP contribution in [0.1, 0.15) is 42.9 Å². The number of benzene rings is 1. The molecule has 0 radical (unpaired) electrons. The third-order valence-electron chi connectivity index (χ3n) is 3.10. The number of rotatable bonds is 4. The van der Waals surface area contributed by atoms with Crippen LogP contribution in [0.5, 0.6) is 0 Å². The van der Waals surface area contributed by atoms with E-state index in [-0.39, 0.29) is 0 Å². The molecule has 1 aromatic carbocycles. The highest BCUT2D eigenvalue weighted by Gasteiger charge is 1.94. The summed E-state index contributed by atoms with van der Waals surface area (Å²) in [5, 5.41) is 0.493. The van der Waals surface area contributed by atoms with Crippen LogP contribution in [0.2, 0.25) is 5.15 Å². The summed E-state index contributed by atoms with van der Waals surface area (Å²) >= 11 is 5.74. The molecule has 0 N–H and O–H groups in total. The summed E-state index contributed by atoms with van der Waals surface area (Å²) in [7, 11) is 0. The Morgan fingerprint density at radius 1 is 0.950 bits per heavy atom. The average molecular weight is 284 g/mol. The van der Waals surface area contributed by atoms with E-state index in [1.807, 2.05) is 6.07 Å². The summed E-state index contributed by atoms with van der Waals surface area (Å²) in [4.78, 5) is 4.01. The molecule has 1 heterocycles. The molecule has 0 saturated heterocycles. The number of aryl methyl sites for hydroxylation is 1. The van der Waals surface area contributed by atoms with Gasteiger partial charge in [0.15, 0.2) is 0 Å². The first-order valence-electron chi connectivity index (χ1n) is 7.00. The van der Waals surface area contributed by atoms with E-state index in [1.54, 1.807) is 12.3 Å². The van der Waals surface area contributed by atoms with Crippen LogP contribution in [0, 0.1) is 11.8 Å². The summed E-state index contributed by atoms with van der Waals surface area (Å²) in [6, 6.07) is 12.1. The number of halogens is 1. The number of hydrogen-bond acceptors (Lipinski definition) is 1. The summed E-state index contributed by atoms with van der Waals surface area (Å²) in [6.45, 7) is 2.23. The van der Waals surface area contributed by atoms with Gasteiger partial charge in [-0.1, -0.05) is 55.3 Å². The van der Waals surface area contributed by atoms with Crippen molar-refractivity contribution in [3.63, 3.8) is 0 Å². The lowest BCUT2D eigenvalue weighted by Crippen LogP contribution is -1.85. The quantitative estimate of drug-likeness (QED) is 0.443. The minimum Gasteiger partial charge on any atom is -0.243 e. The fourth-order valence-corrected chi connectivity index (χ4v) is 2.04. The van der Waals surface area contributed by atoms with Crippen LogP contribution in [0.15, 0.2) is 42.6 Å². The van der Waals surface area contributed by atoms with Crippen molar-refractivity contribution in [1.29, 1.82) is 0 Å². The first-order valence-corrected chi connectivity index (χ1v) is 7.38. The molecule has 0 amide bonds. The SMILES string of the molecule is CCCCCc1ccc(C#Cc2ccc(Cl)nc2)cc1. The monoisotopic (exact) mass is 283 g/mol. The minimum atomic E-state index is 0.493. The molecule has 0 saturated carbocycles. The maximum absolute atomic E-state index is 5.74. The van der Waals surface area contributed by atoms with Crippen LogP contribution in [0.3, 0.4) is 0 Å². The van der Waals surface area contributed by atoms with Crippen LogP contribution in [0.25, 0.3) is 0 Å². The van der Waals surface area contributed by atoms with Crippen LogP contribution in [0.4, 0.5) is 0 Å². The zero-order valence-electron chi connectivity index (χ0n) is 11.7. The third-order valence-corrected chi connectivity index (χ3v) is 3.33. The molecule has 102 valence electrons. The molecule has 1 aromatic heterocycles. The molecule has 0 aliphatic rings. The van der Waals surface area contributed by atoms with E-state index in [4.69, 9.17) is 11.6 Å². The largest absolute Gasteiger partial charge is 0.243 e. The maximum atomic E-state index is 5.74. The van der Waals surface area contributed by atoms with Gasteiger partial charge in [0, 0.05) is 17.3 Å². The first kappa shape index (κ1) is 14.6. The second kappa shape index (κ2) is 7.72. The third kappa shape index (κ3) is 4.72. The summed E-state index contributed by atoms with van der Waals surface area (Å²) in [5.41, 5.74) is 3.29. The zero-order chi connectivity index (χ0) is 14.2. The zero-order valence-corrected chi connectivity index (χ0v) is 12.5. The van der Waals surface area contributed by atoms with Crippen molar-refractivity contribution in [3.8, 4) is 11.8 Å². The molecule has 20 heavy (non-hydrogen) atoms. The van der Waals surface area contributed by atoms with E-state index < -0.39 is 0 Å². The van der Waals surface area contributed by atoms with Gasteiger partial charge in [-0.05, 0) is 42.7 Å². The molecular formula is C18H18ClN. The average Bonchev–Trinajstić information content (AvgIpc) is 2.48. The molecular weight excluding hydrogens is 266 g/mol. The van der Waals surface area contributed by atoms with Crippen LogP contribution in [-0.4, -0.2) is 4.98 Å². The van der Waals surface area contributed by atoms with Crippen molar-refractivity contribution in [2.24, 2.45) is 0 Å². The molecule has 0 fully saturated rings. The normalized spacial score (nSPS) is 9.90. The Balaban J connectivity index is 1.98. The van der Waals surface area contributed by atoms with Crippen molar-refractivity contribution < 1.29 is 0 Å². The second-order valence-corrected chi connectivity index (χ2v) is 5.16. The Hall–Kier alpha value is -1.78. The molecule has 0 bridgehead atoms. The maximum Gasteiger partial charge on any atom is 0.129 e. The van der Waals surface area contributed by atoms with Crippen molar-refractivity contribution in [2.45, 2.75) is 32.6 Å². The highest BCUT2D eigenvalue weighted by atomic mass is 35.5. The van der Waals surface area contributed by atoms with E-state index in [9.17, 15) is 0 Å². The van der Waals surface area contributed by atoms with E-state index in [0.717, 1.165) is 17.5 Å². The second-order valence-electron chi connectivity index (χ2n) is 4.77. The number of nitrogens with zero attached hydrogens (tertiary/aromatic N) is 1. The standard InChI is InChI=1S/C18H18ClN/c1-2-3-4-5-15-6-8-16(9-7-15)10-11-17-12-13-18(19)20-14-17/h6-9,12-14H,2-5H2,1H3. The van der Waals surface area contributed by atoms with E-state index >= 15 is 0 Å². The molecule has 2 aromatic rings. The minimum absolute atomic E-state index is 0.493. The van der Waals surface area contributed by atoms with Gasteiger partial charge in [-0.2, -0.15) is 0 Å². The molecule has 2 rings (SSSR count). The molecule has 0 aliphatic heterocycles. The number of pyridine rings is 1. The van der Waals surface area contributed by atoms with Crippen LogP contribution in [-0.2, 0) is 6.42 Å². The molecule has 0 unspecified atom stereocenters. The van der Waals surface area contributed by atoms with Gasteiger partial charge in [-0.25, -0.2) is 4.98 Å². The van der Waals surface area contributed by atoms with Crippen LogP contribution >= 0.6 is 11.6 Å². The molecule has 2 heteroatoms. The van der Waals surface area contributed by atoms with Gasteiger partial charge < -0.3 is 0 Å².